The lowest BCUT2D eigenvalue weighted by atomic mass is 10.1. The molecule has 110 valence electrons. The van der Waals surface area contributed by atoms with Crippen LogP contribution in [0.15, 0.2) is 46.9 Å². The fraction of sp³-hybridized carbons (Fsp3) is 0.188. The number of hydrogen-bond acceptors (Lipinski definition) is 1. The van der Waals surface area contributed by atoms with E-state index in [9.17, 15) is 9.18 Å². The third kappa shape index (κ3) is 4.55. The van der Waals surface area contributed by atoms with E-state index in [0.717, 1.165) is 18.4 Å². The smallest absolute Gasteiger partial charge is 0.258 e. The Kier molecular flexibility index (Phi) is 5.76. The molecule has 21 heavy (non-hydrogen) atoms. The lowest BCUT2D eigenvalue weighted by Gasteiger charge is -2.08. The van der Waals surface area contributed by atoms with Crippen molar-refractivity contribution in [3.8, 4) is 0 Å². The summed E-state index contributed by atoms with van der Waals surface area (Å²) in [6, 6.07) is 11.8. The molecule has 0 spiro atoms. The number of rotatable bonds is 5. The summed E-state index contributed by atoms with van der Waals surface area (Å²) in [4.78, 5) is 12.1. The van der Waals surface area contributed by atoms with Crippen LogP contribution < -0.4 is 5.32 Å². The molecule has 0 saturated heterocycles. The van der Waals surface area contributed by atoms with Crippen molar-refractivity contribution in [2.75, 3.05) is 11.2 Å². The van der Waals surface area contributed by atoms with Gasteiger partial charge in [0.2, 0.25) is 0 Å². The number of halogens is 3. The van der Waals surface area contributed by atoms with E-state index in [-0.39, 0.29) is 5.56 Å². The molecule has 0 heterocycles. The van der Waals surface area contributed by atoms with E-state index in [0.29, 0.717) is 16.0 Å². The zero-order chi connectivity index (χ0) is 15.2. The summed E-state index contributed by atoms with van der Waals surface area (Å²) in [5, 5.41) is 2.71. The van der Waals surface area contributed by atoms with Crippen LogP contribution in [0.1, 0.15) is 22.3 Å². The molecule has 0 bridgehead atoms. The molecule has 2 aromatic carbocycles. The third-order valence-electron chi connectivity index (χ3n) is 2.96. The van der Waals surface area contributed by atoms with Gasteiger partial charge >= 0.3 is 0 Å². The van der Waals surface area contributed by atoms with Gasteiger partial charge in [-0.25, -0.2) is 4.39 Å². The molecular weight excluding hydrogens is 357 g/mol. The number of nitrogens with one attached hydrogen (secondary N) is 1. The number of amides is 1. The lowest BCUT2D eigenvalue weighted by molar-refractivity contribution is 0.102. The summed E-state index contributed by atoms with van der Waals surface area (Å²) in [7, 11) is 0. The maximum absolute atomic E-state index is 13.7. The second-order valence-electron chi connectivity index (χ2n) is 4.57. The summed E-state index contributed by atoms with van der Waals surface area (Å²) >= 11 is 8.83. The topological polar surface area (TPSA) is 29.1 Å². The number of anilines is 1. The van der Waals surface area contributed by atoms with Crippen LogP contribution in [0.25, 0.3) is 0 Å². The zero-order valence-corrected chi connectivity index (χ0v) is 13.5. The first-order chi connectivity index (χ1) is 10.1. The quantitative estimate of drug-likeness (QED) is 0.736. The Morgan fingerprint density at radius 3 is 2.76 bits per heavy atom. The van der Waals surface area contributed by atoms with E-state index >= 15 is 0 Å². The minimum Gasteiger partial charge on any atom is -0.322 e. The van der Waals surface area contributed by atoms with E-state index in [4.69, 9.17) is 11.6 Å². The molecule has 0 aliphatic rings. The van der Waals surface area contributed by atoms with Gasteiger partial charge in [0.25, 0.3) is 5.91 Å². The minimum absolute atomic E-state index is 0.0179. The Balaban J connectivity index is 2.12. The second-order valence-corrected chi connectivity index (χ2v) is 5.86. The summed E-state index contributed by atoms with van der Waals surface area (Å²) in [5.41, 5.74) is 1.75. The van der Waals surface area contributed by atoms with Crippen LogP contribution in [0.2, 0.25) is 0 Å². The summed E-state index contributed by atoms with van der Waals surface area (Å²) in [5.74, 6) is -0.421. The Labute approximate surface area is 136 Å². The molecule has 0 saturated carbocycles. The molecule has 0 aromatic heterocycles. The Hall–Kier alpha value is -1.39. The number of carbonyl (C=O) groups excluding carboxylic acids is 1. The molecule has 5 heteroatoms. The number of alkyl halides is 1. The molecule has 0 unspecified atom stereocenters. The standard InChI is InChI=1S/C16H14BrClFNO/c17-12-6-7-14(15(19)10-12)16(21)20-13-5-1-3-11(9-13)4-2-8-18/h1,3,5-7,9-10H,2,4,8H2,(H,20,21). The van der Waals surface area contributed by atoms with Gasteiger partial charge in [-0.15, -0.1) is 11.6 Å². The number of hydrogen-bond donors (Lipinski definition) is 1. The predicted molar refractivity (Wildman–Crippen MR) is 87.5 cm³/mol. The summed E-state index contributed by atoms with van der Waals surface area (Å²) in [6.07, 6.45) is 1.72. The van der Waals surface area contributed by atoms with Crippen molar-refractivity contribution in [1.29, 1.82) is 0 Å². The maximum atomic E-state index is 13.7. The van der Waals surface area contributed by atoms with Crippen LogP contribution in [0.4, 0.5) is 10.1 Å². The van der Waals surface area contributed by atoms with Crippen LogP contribution in [0.5, 0.6) is 0 Å². The second kappa shape index (κ2) is 7.57. The van der Waals surface area contributed by atoms with Gasteiger partial charge in [0.1, 0.15) is 5.82 Å². The molecular formula is C16H14BrClFNO. The van der Waals surface area contributed by atoms with Gasteiger partial charge in [-0.1, -0.05) is 28.1 Å². The van der Waals surface area contributed by atoms with E-state index < -0.39 is 11.7 Å². The highest BCUT2D eigenvalue weighted by Gasteiger charge is 2.12. The van der Waals surface area contributed by atoms with Crippen molar-refractivity contribution >= 4 is 39.1 Å². The summed E-state index contributed by atoms with van der Waals surface area (Å²) < 4.78 is 14.3. The highest BCUT2D eigenvalue weighted by molar-refractivity contribution is 9.10. The van der Waals surface area contributed by atoms with E-state index in [1.807, 2.05) is 18.2 Å². The SMILES string of the molecule is O=C(Nc1cccc(CCCCl)c1)c1ccc(Br)cc1F. The van der Waals surface area contributed by atoms with Gasteiger partial charge in [0.05, 0.1) is 5.56 Å². The van der Waals surface area contributed by atoms with Gasteiger partial charge in [0, 0.05) is 16.0 Å². The van der Waals surface area contributed by atoms with Crippen LogP contribution in [0.3, 0.4) is 0 Å². The van der Waals surface area contributed by atoms with E-state index in [1.165, 1.54) is 12.1 Å². The maximum Gasteiger partial charge on any atom is 0.258 e. The van der Waals surface area contributed by atoms with Crippen molar-refractivity contribution in [1.82, 2.24) is 0 Å². The molecule has 0 fully saturated rings. The average molecular weight is 371 g/mol. The first-order valence-corrected chi connectivity index (χ1v) is 7.84. The molecule has 0 aliphatic carbocycles. The first kappa shape index (κ1) is 16.0. The van der Waals surface area contributed by atoms with Crippen LogP contribution >= 0.6 is 27.5 Å². The Bertz CT molecular complexity index is 648. The largest absolute Gasteiger partial charge is 0.322 e. The number of carbonyl (C=O) groups is 1. The van der Waals surface area contributed by atoms with Gasteiger partial charge in [-0.05, 0) is 48.7 Å². The molecule has 2 aromatic rings. The number of benzene rings is 2. The lowest BCUT2D eigenvalue weighted by Crippen LogP contribution is -2.13. The van der Waals surface area contributed by atoms with Gasteiger partial charge in [-0.2, -0.15) is 0 Å². The fourth-order valence-corrected chi connectivity index (χ4v) is 2.41. The fourth-order valence-electron chi connectivity index (χ4n) is 1.95. The van der Waals surface area contributed by atoms with E-state index in [1.54, 1.807) is 12.1 Å². The van der Waals surface area contributed by atoms with Crippen LogP contribution in [-0.4, -0.2) is 11.8 Å². The predicted octanol–water partition coefficient (Wildman–Crippen LogP) is 5.01. The first-order valence-electron chi connectivity index (χ1n) is 6.51. The van der Waals surface area contributed by atoms with E-state index in [2.05, 4.69) is 21.2 Å². The normalized spacial score (nSPS) is 10.4. The Morgan fingerprint density at radius 1 is 1.24 bits per heavy atom. The molecule has 1 N–H and O–H groups in total. The molecule has 1 amide bonds. The molecule has 0 aliphatic heterocycles. The Morgan fingerprint density at radius 2 is 2.05 bits per heavy atom. The van der Waals surface area contributed by atoms with Gasteiger partial charge in [0.15, 0.2) is 0 Å². The van der Waals surface area contributed by atoms with Gasteiger partial charge < -0.3 is 5.32 Å². The van der Waals surface area contributed by atoms with Crippen LogP contribution in [-0.2, 0) is 6.42 Å². The van der Waals surface area contributed by atoms with Gasteiger partial charge in [-0.3, -0.25) is 4.79 Å². The van der Waals surface area contributed by atoms with Crippen molar-refractivity contribution in [3.63, 3.8) is 0 Å². The molecule has 0 radical (unpaired) electrons. The van der Waals surface area contributed by atoms with Crippen LogP contribution in [0, 0.1) is 5.82 Å². The monoisotopic (exact) mass is 369 g/mol. The van der Waals surface area contributed by atoms with Crippen molar-refractivity contribution in [2.45, 2.75) is 12.8 Å². The molecule has 2 nitrogen and oxygen atoms in total. The zero-order valence-electron chi connectivity index (χ0n) is 11.2. The molecule has 0 atom stereocenters. The highest BCUT2D eigenvalue weighted by Crippen LogP contribution is 2.18. The minimum atomic E-state index is -0.555. The van der Waals surface area contributed by atoms with Crippen molar-refractivity contribution < 1.29 is 9.18 Å². The van der Waals surface area contributed by atoms with Crippen molar-refractivity contribution in [3.05, 3.63) is 63.9 Å². The third-order valence-corrected chi connectivity index (χ3v) is 3.72. The number of aryl methyl sites for hydroxylation is 1. The average Bonchev–Trinajstić information content (AvgIpc) is 2.45. The highest BCUT2D eigenvalue weighted by atomic mass is 79.9. The summed E-state index contributed by atoms with van der Waals surface area (Å²) in [6.45, 7) is 0. The molecule has 2 rings (SSSR count). The van der Waals surface area contributed by atoms with Crippen molar-refractivity contribution in [2.24, 2.45) is 0 Å².